The van der Waals surface area contributed by atoms with Gasteiger partial charge in [0.2, 0.25) is 0 Å². The molecule has 4 heteroatoms. The number of nitrogens with two attached hydrogens (primary N) is 1. The Hall–Kier alpha value is -1.74. The van der Waals surface area contributed by atoms with Gasteiger partial charge in [-0.15, -0.1) is 0 Å². The zero-order valence-electron chi connectivity index (χ0n) is 8.65. The average Bonchev–Trinajstić information content (AvgIpc) is 2.28. The Balaban J connectivity index is 2.05. The predicted octanol–water partition coefficient (Wildman–Crippen LogP) is 2.93. The number of nitrogens with zero attached hydrogens (tertiary/aromatic N) is 1. The third-order valence-corrected chi connectivity index (χ3v) is 2.51. The Morgan fingerprint density at radius 2 is 2.19 bits per heavy atom. The molecule has 2 aromatic rings. The first kappa shape index (κ1) is 10.8. The Labute approximate surface area is 99.3 Å². The third kappa shape index (κ3) is 2.64. The smallest absolute Gasteiger partial charge is 0.0820 e. The van der Waals surface area contributed by atoms with Crippen molar-refractivity contribution in [3.8, 4) is 0 Å². The molecule has 0 amide bonds. The molecule has 0 saturated carbocycles. The lowest BCUT2D eigenvalue weighted by molar-refractivity contribution is 1.14. The van der Waals surface area contributed by atoms with E-state index in [1.54, 1.807) is 12.4 Å². The highest BCUT2D eigenvalue weighted by Gasteiger charge is 1.99. The number of nitrogen functional groups attached to an aromatic ring is 1. The van der Waals surface area contributed by atoms with Gasteiger partial charge < -0.3 is 11.1 Å². The zero-order valence-corrected chi connectivity index (χ0v) is 9.41. The minimum Gasteiger partial charge on any atom is -0.399 e. The molecule has 0 unspecified atom stereocenters. The van der Waals surface area contributed by atoms with Crippen LogP contribution in [0.15, 0.2) is 42.7 Å². The molecule has 0 aliphatic heterocycles. The van der Waals surface area contributed by atoms with Crippen LogP contribution in [0.3, 0.4) is 0 Å². The van der Waals surface area contributed by atoms with E-state index in [9.17, 15) is 0 Å². The van der Waals surface area contributed by atoms with Gasteiger partial charge in [0.1, 0.15) is 0 Å². The van der Waals surface area contributed by atoms with Crippen LogP contribution in [0.1, 0.15) is 5.56 Å². The van der Waals surface area contributed by atoms with Crippen molar-refractivity contribution in [2.24, 2.45) is 0 Å². The number of halogens is 1. The monoisotopic (exact) mass is 233 g/mol. The first-order chi connectivity index (χ1) is 7.75. The second-order valence-corrected chi connectivity index (χ2v) is 3.86. The summed E-state index contributed by atoms with van der Waals surface area (Å²) in [6.07, 6.45) is 3.32. The Kier molecular flexibility index (Phi) is 3.27. The second kappa shape index (κ2) is 4.86. The van der Waals surface area contributed by atoms with Crippen LogP contribution in [-0.4, -0.2) is 4.98 Å². The summed E-state index contributed by atoms with van der Waals surface area (Å²) in [5.41, 5.74) is 8.45. The summed E-state index contributed by atoms with van der Waals surface area (Å²) in [5.74, 6) is 0. The first-order valence-corrected chi connectivity index (χ1v) is 5.31. The van der Waals surface area contributed by atoms with E-state index in [0.717, 1.165) is 16.9 Å². The molecule has 0 radical (unpaired) electrons. The minimum atomic E-state index is 0.617. The Morgan fingerprint density at radius 3 is 2.94 bits per heavy atom. The number of aromatic nitrogens is 1. The Bertz CT molecular complexity index is 485. The highest BCUT2D eigenvalue weighted by molar-refractivity contribution is 6.33. The van der Waals surface area contributed by atoms with Crippen molar-refractivity contribution < 1.29 is 0 Å². The Morgan fingerprint density at radius 1 is 1.31 bits per heavy atom. The molecule has 0 bridgehead atoms. The highest BCUT2D eigenvalue weighted by atomic mass is 35.5. The maximum Gasteiger partial charge on any atom is 0.0820 e. The van der Waals surface area contributed by atoms with Gasteiger partial charge in [-0.2, -0.15) is 0 Å². The van der Waals surface area contributed by atoms with Crippen LogP contribution < -0.4 is 11.1 Å². The summed E-state index contributed by atoms with van der Waals surface area (Å²) in [4.78, 5) is 3.92. The standard InChI is InChI=1S/C12H12ClN3/c13-11-8-15-5-4-12(11)16-7-9-2-1-3-10(14)6-9/h1-6,8H,7,14H2,(H,15,16). The molecule has 3 nitrogen and oxygen atoms in total. The van der Waals surface area contributed by atoms with E-state index < -0.39 is 0 Å². The van der Waals surface area contributed by atoms with Gasteiger partial charge >= 0.3 is 0 Å². The van der Waals surface area contributed by atoms with Gasteiger partial charge in [-0.1, -0.05) is 23.7 Å². The van der Waals surface area contributed by atoms with Gasteiger partial charge in [-0.25, -0.2) is 0 Å². The molecule has 1 aromatic carbocycles. The van der Waals surface area contributed by atoms with E-state index in [0.29, 0.717) is 11.6 Å². The molecule has 0 aliphatic carbocycles. The summed E-state index contributed by atoms with van der Waals surface area (Å²) in [6, 6.07) is 9.58. The van der Waals surface area contributed by atoms with Gasteiger partial charge in [0.25, 0.3) is 0 Å². The molecule has 1 aromatic heterocycles. The lowest BCUT2D eigenvalue weighted by Crippen LogP contribution is -2.00. The first-order valence-electron chi connectivity index (χ1n) is 4.93. The van der Waals surface area contributed by atoms with E-state index in [-0.39, 0.29) is 0 Å². The molecule has 0 aliphatic rings. The van der Waals surface area contributed by atoms with E-state index in [1.165, 1.54) is 0 Å². The SMILES string of the molecule is Nc1cccc(CNc2ccncc2Cl)c1. The molecule has 0 fully saturated rings. The number of hydrogen-bond donors (Lipinski definition) is 2. The molecule has 3 N–H and O–H groups in total. The predicted molar refractivity (Wildman–Crippen MR) is 67.4 cm³/mol. The van der Waals surface area contributed by atoms with Crippen LogP contribution in [0, 0.1) is 0 Å². The van der Waals surface area contributed by atoms with Crippen molar-refractivity contribution >= 4 is 23.0 Å². The van der Waals surface area contributed by atoms with Crippen LogP contribution in [0.5, 0.6) is 0 Å². The highest BCUT2D eigenvalue weighted by Crippen LogP contribution is 2.20. The fraction of sp³-hybridized carbons (Fsp3) is 0.0833. The van der Waals surface area contributed by atoms with E-state index in [1.807, 2.05) is 30.3 Å². The van der Waals surface area contributed by atoms with Crippen LogP contribution in [0.4, 0.5) is 11.4 Å². The van der Waals surface area contributed by atoms with Crippen LogP contribution >= 0.6 is 11.6 Å². The summed E-state index contributed by atoms with van der Waals surface area (Å²) in [6.45, 7) is 0.689. The van der Waals surface area contributed by atoms with Crippen molar-refractivity contribution in [2.45, 2.75) is 6.54 Å². The molecular weight excluding hydrogens is 222 g/mol. The van der Waals surface area contributed by atoms with Crippen LogP contribution in [0.25, 0.3) is 0 Å². The number of pyridine rings is 1. The lowest BCUT2D eigenvalue weighted by Gasteiger charge is -2.08. The molecule has 0 atom stereocenters. The van der Waals surface area contributed by atoms with Gasteiger partial charge in [-0.05, 0) is 23.8 Å². The van der Waals surface area contributed by atoms with Crippen molar-refractivity contribution in [1.82, 2.24) is 4.98 Å². The lowest BCUT2D eigenvalue weighted by atomic mass is 10.2. The molecule has 2 rings (SSSR count). The minimum absolute atomic E-state index is 0.617. The average molecular weight is 234 g/mol. The molecule has 0 spiro atoms. The quantitative estimate of drug-likeness (QED) is 0.802. The largest absolute Gasteiger partial charge is 0.399 e. The van der Waals surface area contributed by atoms with Crippen LogP contribution in [0.2, 0.25) is 5.02 Å². The van der Waals surface area contributed by atoms with Crippen molar-refractivity contribution in [1.29, 1.82) is 0 Å². The van der Waals surface area contributed by atoms with E-state index in [4.69, 9.17) is 17.3 Å². The number of nitrogens with one attached hydrogen (secondary N) is 1. The molecule has 0 saturated heterocycles. The van der Waals surface area contributed by atoms with Crippen LogP contribution in [-0.2, 0) is 6.54 Å². The normalized spacial score (nSPS) is 10.1. The fourth-order valence-corrected chi connectivity index (χ4v) is 1.61. The fourth-order valence-electron chi connectivity index (χ4n) is 1.42. The summed E-state index contributed by atoms with van der Waals surface area (Å²) >= 11 is 5.97. The van der Waals surface area contributed by atoms with Gasteiger partial charge in [-0.3, -0.25) is 4.98 Å². The van der Waals surface area contributed by atoms with Gasteiger partial charge in [0.15, 0.2) is 0 Å². The van der Waals surface area contributed by atoms with E-state index >= 15 is 0 Å². The second-order valence-electron chi connectivity index (χ2n) is 3.45. The molecular formula is C12H12ClN3. The number of benzene rings is 1. The number of anilines is 2. The maximum atomic E-state index is 5.97. The zero-order chi connectivity index (χ0) is 11.4. The van der Waals surface area contributed by atoms with Crippen molar-refractivity contribution in [3.63, 3.8) is 0 Å². The topological polar surface area (TPSA) is 50.9 Å². The number of rotatable bonds is 3. The molecule has 1 heterocycles. The summed E-state index contributed by atoms with van der Waals surface area (Å²) in [5, 5.41) is 3.85. The molecule has 16 heavy (non-hydrogen) atoms. The van der Waals surface area contributed by atoms with E-state index in [2.05, 4.69) is 10.3 Å². The number of hydrogen-bond acceptors (Lipinski definition) is 3. The van der Waals surface area contributed by atoms with Crippen molar-refractivity contribution in [3.05, 3.63) is 53.3 Å². The van der Waals surface area contributed by atoms with Gasteiger partial charge in [0.05, 0.1) is 10.7 Å². The molecule has 82 valence electrons. The van der Waals surface area contributed by atoms with Gasteiger partial charge in [0, 0.05) is 24.6 Å². The summed E-state index contributed by atoms with van der Waals surface area (Å²) < 4.78 is 0. The van der Waals surface area contributed by atoms with Crippen molar-refractivity contribution in [2.75, 3.05) is 11.1 Å². The third-order valence-electron chi connectivity index (χ3n) is 2.21. The summed E-state index contributed by atoms with van der Waals surface area (Å²) in [7, 11) is 0. The maximum absolute atomic E-state index is 5.97.